The highest BCUT2D eigenvalue weighted by atomic mass is 32.2. The fourth-order valence-corrected chi connectivity index (χ4v) is 1.84. The minimum atomic E-state index is -0.371. The summed E-state index contributed by atoms with van der Waals surface area (Å²) in [5.41, 5.74) is 1.63. The molecule has 0 unspecified atom stereocenters. The molecule has 0 aliphatic carbocycles. The molecule has 0 radical (unpaired) electrons. The zero-order valence-corrected chi connectivity index (χ0v) is 18.7. The number of carbonyl (C=O) groups excluding carboxylic acids is 1. The third kappa shape index (κ3) is 16.4. The highest BCUT2D eigenvalue weighted by molar-refractivity contribution is 7.99. The van der Waals surface area contributed by atoms with Crippen LogP contribution in [-0.2, 0) is 9.31 Å². The van der Waals surface area contributed by atoms with Crippen LogP contribution in [0.4, 0.5) is 0 Å². The molecule has 1 aromatic carbocycles. The maximum Gasteiger partial charge on any atom is 0.493 e. The summed E-state index contributed by atoms with van der Waals surface area (Å²) < 4.78 is 10.2. The fourth-order valence-electron chi connectivity index (χ4n) is 1.41. The van der Waals surface area contributed by atoms with Gasteiger partial charge in [0, 0.05) is 19.8 Å². The molecule has 0 aromatic heterocycles. The first-order valence-corrected chi connectivity index (χ1v) is 10.6. The number of Topliss-reactive ketones (excluding diaryl/α,β-unsaturated/α-hetero) is 1. The number of unbranched alkanes of at least 4 members (excludes halogenated alkanes) is 1. The molecule has 25 heavy (non-hydrogen) atoms. The molecule has 0 atom stereocenters. The Morgan fingerprint density at radius 3 is 1.64 bits per heavy atom. The van der Waals surface area contributed by atoms with Crippen molar-refractivity contribution in [2.75, 3.05) is 26.2 Å². The second-order valence-corrected chi connectivity index (χ2v) is 5.85. The third-order valence-electron chi connectivity index (χ3n) is 2.71. The molecule has 0 bridgehead atoms. The van der Waals surface area contributed by atoms with Crippen molar-refractivity contribution in [2.45, 2.75) is 60.8 Å². The first-order valence-electron chi connectivity index (χ1n) is 9.23. The average Bonchev–Trinajstić information content (AvgIpc) is 2.66. The molecule has 0 saturated heterocycles. The van der Waals surface area contributed by atoms with Crippen molar-refractivity contribution in [3.8, 4) is 0 Å². The van der Waals surface area contributed by atoms with E-state index < -0.39 is 0 Å². The van der Waals surface area contributed by atoms with Crippen LogP contribution in [0.25, 0.3) is 0 Å². The zero-order valence-electron chi connectivity index (χ0n) is 17.8. The Kier molecular flexibility index (Phi) is 26.9. The van der Waals surface area contributed by atoms with Gasteiger partial charge in [0.2, 0.25) is 0 Å². The average molecular weight is 370 g/mol. The standard InChI is InChI=1S/C11H15BO3S.C4H10.C3H8.C2H6/c1-14-12(15-2)10-6-4-9(5-7-10)11(13)8-16-3;1-3-4-2;1-3-2;1-2/h4-7H,8H2,1-3H3;3-4H2,1-2H3;3H2,1-2H3;1-2H3. The van der Waals surface area contributed by atoms with E-state index in [0.717, 1.165) is 11.0 Å². The van der Waals surface area contributed by atoms with E-state index in [-0.39, 0.29) is 12.9 Å². The van der Waals surface area contributed by atoms with Crippen LogP contribution >= 0.6 is 11.8 Å². The Hall–Kier alpha value is -0.775. The van der Waals surface area contributed by atoms with Gasteiger partial charge in [0.15, 0.2) is 5.78 Å². The minimum absolute atomic E-state index is 0.144. The minimum Gasteiger partial charge on any atom is -0.410 e. The Labute approximate surface area is 161 Å². The van der Waals surface area contributed by atoms with Gasteiger partial charge in [0.25, 0.3) is 0 Å². The normalized spacial score (nSPS) is 8.68. The number of thioether (sulfide) groups is 1. The fraction of sp³-hybridized carbons (Fsp3) is 0.650. The van der Waals surface area contributed by atoms with Gasteiger partial charge in [-0.1, -0.05) is 85.1 Å². The predicted molar refractivity (Wildman–Crippen MR) is 116 cm³/mol. The molecule has 0 aliphatic heterocycles. The lowest BCUT2D eigenvalue weighted by molar-refractivity contribution is 0.102. The highest BCUT2D eigenvalue weighted by Gasteiger charge is 2.17. The summed E-state index contributed by atoms with van der Waals surface area (Å²) in [6, 6.07) is 7.31. The van der Waals surface area contributed by atoms with E-state index >= 15 is 0 Å². The van der Waals surface area contributed by atoms with Crippen LogP contribution in [0.5, 0.6) is 0 Å². The van der Waals surface area contributed by atoms with Crippen LogP contribution < -0.4 is 5.46 Å². The molecule has 0 N–H and O–H groups in total. The Bertz CT molecular complexity index is 377. The van der Waals surface area contributed by atoms with Gasteiger partial charge >= 0.3 is 7.12 Å². The molecular formula is C20H39BO3S. The van der Waals surface area contributed by atoms with Crippen molar-refractivity contribution in [1.29, 1.82) is 0 Å². The summed E-state index contributed by atoms with van der Waals surface area (Å²) in [4.78, 5) is 11.6. The first-order chi connectivity index (χ1) is 12.1. The van der Waals surface area contributed by atoms with Crippen LogP contribution in [0.2, 0.25) is 0 Å². The van der Waals surface area contributed by atoms with Crippen LogP contribution in [0.3, 0.4) is 0 Å². The molecule has 3 nitrogen and oxygen atoms in total. The van der Waals surface area contributed by atoms with E-state index in [1.807, 2.05) is 32.2 Å². The van der Waals surface area contributed by atoms with E-state index in [1.165, 1.54) is 31.0 Å². The van der Waals surface area contributed by atoms with Gasteiger partial charge in [-0.3, -0.25) is 4.79 Å². The third-order valence-corrected chi connectivity index (χ3v) is 3.26. The van der Waals surface area contributed by atoms with E-state index in [0.29, 0.717) is 5.75 Å². The van der Waals surface area contributed by atoms with Crippen LogP contribution in [0.1, 0.15) is 71.2 Å². The van der Waals surface area contributed by atoms with E-state index in [1.54, 1.807) is 26.4 Å². The Morgan fingerprint density at radius 1 is 0.960 bits per heavy atom. The maximum absolute atomic E-state index is 11.6. The molecule has 0 fully saturated rings. The van der Waals surface area contributed by atoms with Gasteiger partial charge in [0.05, 0.1) is 5.75 Å². The smallest absolute Gasteiger partial charge is 0.410 e. The molecular weight excluding hydrogens is 331 g/mol. The summed E-state index contributed by atoms with van der Waals surface area (Å²) in [5, 5.41) is 0. The topological polar surface area (TPSA) is 35.5 Å². The van der Waals surface area contributed by atoms with Crippen molar-refractivity contribution in [3.05, 3.63) is 29.8 Å². The number of hydrogen-bond donors (Lipinski definition) is 0. The lowest BCUT2D eigenvalue weighted by atomic mass is 9.78. The van der Waals surface area contributed by atoms with Crippen molar-refractivity contribution >= 4 is 30.1 Å². The summed E-state index contributed by atoms with van der Waals surface area (Å²) in [7, 11) is 2.80. The summed E-state index contributed by atoms with van der Waals surface area (Å²) in [6.45, 7) is 12.6. The SMILES string of the molecule is CC.CCC.CCCC.COB(OC)c1ccc(C(=O)CSC)cc1. The van der Waals surface area contributed by atoms with Gasteiger partial charge in [-0.15, -0.1) is 0 Å². The summed E-state index contributed by atoms with van der Waals surface area (Å²) >= 11 is 1.53. The first kappa shape index (κ1) is 29.0. The molecule has 0 amide bonds. The monoisotopic (exact) mass is 370 g/mol. The second kappa shape index (κ2) is 23.2. The van der Waals surface area contributed by atoms with E-state index in [9.17, 15) is 4.79 Å². The quantitative estimate of drug-likeness (QED) is 0.471. The number of rotatable bonds is 7. The van der Waals surface area contributed by atoms with Gasteiger partial charge < -0.3 is 9.31 Å². The molecule has 0 heterocycles. The number of ketones is 1. The van der Waals surface area contributed by atoms with Gasteiger partial charge in [-0.05, 0) is 11.7 Å². The second-order valence-electron chi connectivity index (χ2n) is 4.99. The molecule has 146 valence electrons. The Morgan fingerprint density at radius 2 is 1.36 bits per heavy atom. The molecule has 5 heteroatoms. The van der Waals surface area contributed by atoms with Gasteiger partial charge in [-0.25, -0.2) is 0 Å². The molecule has 1 rings (SSSR count). The zero-order chi connectivity index (χ0) is 20.1. The van der Waals surface area contributed by atoms with E-state index in [4.69, 9.17) is 9.31 Å². The largest absolute Gasteiger partial charge is 0.493 e. The van der Waals surface area contributed by atoms with E-state index in [2.05, 4.69) is 27.7 Å². The van der Waals surface area contributed by atoms with Gasteiger partial charge in [-0.2, -0.15) is 11.8 Å². The molecule has 0 spiro atoms. The lowest BCUT2D eigenvalue weighted by Gasteiger charge is -2.08. The lowest BCUT2D eigenvalue weighted by Crippen LogP contribution is -2.34. The van der Waals surface area contributed by atoms with Crippen molar-refractivity contribution in [1.82, 2.24) is 0 Å². The number of hydrogen-bond acceptors (Lipinski definition) is 4. The van der Waals surface area contributed by atoms with Crippen LogP contribution in [0, 0.1) is 0 Å². The maximum atomic E-state index is 11.6. The van der Waals surface area contributed by atoms with Crippen molar-refractivity contribution in [2.24, 2.45) is 0 Å². The number of benzene rings is 1. The summed E-state index contributed by atoms with van der Waals surface area (Å²) in [6.07, 6.45) is 5.80. The van der Waals surface area contributed by atoms with Crippen molar-refractivity contribution < 1.29 is 14.1 Å². The summed E-state index contributed by atoms with van der Waals surface area (Å²) in [5.74, 6) is 0.655. The molecule has 0 aliphatic rings. The van der Waals surface area contributed by atoms with Crippen molar-refractivity contribution in [3.63, 3.8) is 0 Å². The number of carbonyl (C=O) groups is 1. The predicted octanol–water partition coefficient (Wildman–Crippen LogP) is 5.47. The van der Waals surface area contributed by atoms with Crippen LogP contribution in [0.15, 0.2) is 24.3 Å². The molecule has 0 saturated carbocycles. The van der Waals surface area contributed by atoms with Gasteiger partial charge in [0.1, 0.15) is 0 Å². The molecule has 1 aromatic rings. The van der Waals surface area contributed by atoms with Crippen LogP contribution in [-0.4, -0.2) is 39.1 Å². The highest BCUT2D eigenvalue weighted by Crippen LogP contribution is 2.04. The Balaban J connectivity index is -0.000000452.